The minimum atomic E-state index is -3.67. The molecule has 188 valence electrons. The van der Waals surface area contributed by atoms with Crippen molar-refractivity contribution in [2.24, 2.45) is 23.5 Å². The Kier molecular flexibility index (Phi) is 8.19. The van der Waals surface area contributed by atoms with E-state index in [0.717, 1.165) is 0 Å². The van der Waals surface area contributed by atoms with Crippen LogP contribution in [0, 0.1) is 0 Å². The molecule has 0 aliphatic carbocycles. The maximum atomic E-state index is 12.1. The van der Waals surface area contributed by atoms with E-state index in [1.807, 2.05) is 0 Å². The number of aryl methyl sites for hydroxylation is 1. The first-order valence-electron chi connectivity index (χ1n) is 9.35. The molecule has 0 bridgehead atoms. The number of aliphatic carboxylic acids is 1. The number of carboxylic acids is 1. The molecule has 5 atom stereocenters. The second-order valence-corrected chi connectivity index (χ2v) is 8.70. The van der Waals surface area contributed by atoms with Crippen molar-refractivity contribution < 1.29 is 52.5 Å². The maximum absolute atomic E-state index is 12.1. The summed E-state index contributed by atoms with van der Waals surface area (Å²) in [4.78, 5) is 26.8. The quantitative estimate of drug-likeness (QED) is 0.128. The molecule has 1 amide bonds. The van der Waals surface area contributed by atoms with Crippen molar-refractivity contribution in [2.45, 2.75) is 30.7 Å². The highest BCUT2D eigenvalue weighted by Crippen LogP contribution is 2.28. The van der Waals surface area contributed by atoms with Crippen LogP contribution in [0.3, 0.4) is 0 Å². The number of carbonyl (C=O) groups excluding carboxylic acids is 1. The molecule has 1 fully saturated rings. The molecule has 1 aliphatic heterocycles. The van der Waals surface area contributed by atoms with E-state index in [1.54, 1.807) is 19.2 Å². The summed E-state index contributed by atoms with van der Waals surface area (Å²) in [5.74, 6) is -2.37. The Bertz CT molecular complexity index is 1200. The molecule has 1 saturated heterocycles. The monoisotopic (exact) mass is 504 g/mol. The average Bonchev–Trinajstić information content (AvgIpc) is 3.03. The van der Waals surface area contributed by atoms with Gasteiger partial charge in [0.15, 0.2) is 12.1 Å². The van der Waals surface area contributed by atoms with E-state index in [0.29, 0.717) is 17.2 Å². The number of aromatic nitrogens is 1. The Morgan fingerprint density at radius 2 is 1.71 bits per heavy atom. The van der Waals surface area contributed by atoms with Gasteiger partial charge in [0.05, 0.1) is 11.8 Å². The van der Waals surface area contributed by atoms with E-state index in [2.05, 4.69) is 4.99 Å². The Labute approximate surface area is 192 Å². The first kappa shape index (κ1) is 27.0. The number of aliphatic hydroxyl groups is 3. The molecule has 9 N–H and O–H groups in total. The lowest BCUT2D eigenvalue weighted by Gasteiger charge is -2.38. The lowest BCUT2D eigenvalue weighted by atomic mass is 9.99. The van der Waals surface area contributed by atoms with Crippen molar-refractivity contribution in [3.05, 3.63) is 30.0 Å². The summed E-state index contributed by atoms with van der Waals surface area (Å²) in [5, 5.41) is 39.4. The van der Waals surface area contributed by atoms with Crippen LogP contribution < -0.4 is 16.2 Å². The molecule has 34 heavy (non-hydrogen) atoms. The van der Waals surface area contributed by atoms with Crippen LogP contribution in [-0.4, -0.2) is 92.8 Å². The Hall–Kier alpha value is -3.28. The highest BCUT2D eigenvalue weighted by atomic mass is 32.2. The normalized spacial score (nSPS) is 24.6. The van der Waals surface area contributed by atoms with Crippen LogP contribution in [0.4, 0.5) is 0 Å². The van der Waals surface area contributed by atoms with Crippen molar-refractivity contribution in [1.29, 1.82) is 0 Å². The molecule has 0 saturated carbocycles. The molecule has 16 heteroatoms. The zero-order chi connectivity index (χ0) is 26.0. The van der Waals surface area contributed by atoms with Gasteiger partial charge in [0.25, 0.3) is 16.0 Å². The van der Waals surface area contributed by atoms with E-state index < -0.39 is 52.7 Å². The number of rotatable bonds is 4. The Morgan fingerprint density at radius 3 is 2.24 bits per heavy atom. The summed E-state index contributed by atoms with van der Waals surface area (Å²) >= 11 is 0. The van der Waals surface area contributed by atoms with Gasteiger partial charge in [-0.1, -0.05) is 0 Å². The summed E-state index contributed by atoms with van der Waals surface area (Å²) < 4.78 is 38.0. The first-order chi connectivity index (χ1) is 15.6. The van der Waals surface area contributed by atoms with Gasteiger partial charge in [-0.3, -0.25) is 9.35 Å². The number of hydrogen-bond donors (Lipinski definition) is 7. The van der Waals surface area contributed by atoms with Gasteiger partial charge in [-0.25, -0.2) is 4.79 Å². The molecule has 0 spiro atoms. The summed E-state index contributed by atoms with van der Waals surface area (Å²) in [6.45, 7) is 0. The predicted molar refractivity (Wildman–Crippen MR) is 115 cm³/mol. The second-order valence-electron chi connectivity index (χ2n) is 7.24. The van der Waals surface area contributed by atoms with Gasteiger partial charge in [-0.05, 0) is 18.2 Å². The fourth-order valence-corrected chi connectivity index (χ4v) is 3.05. The SMILES string of the molecule is CS(=O)(=O)O.Cn1c(C(=O)N=C(N)N)cc2ccc(O[C@@H]3O[C@H](C(=O)O)[C@@H](O)[C@H](O)[C@H]3O)cc21. The molecule has 3 rings (SSSR count). The third-order valence-corrected chi connectivity index (χ3v) is 4.53. The number of aliphatic hydroxyl groups excluding tert-OH is 3. The number of aliphatic imine (C=N–C) groups is 1. The lowest BCUT2D eigenvalue weighted by Crippen LogP contribution is -2.61. The van der Waals surface area contributed by atoms with Crippen molar-refractivity contribution in [1.82, 2.24) is 4.57 Å². The number of fused-ring (bicyclic) bond motifs is 1. The van der Waals surface area contributed by atoms with Gasteiger partial charge in [0, 0.05) is 18.5 Å². The molecule has 15 nitrogen and oxygen atoms in total. The highest BCUT2D eigenvalue weighted by molar-refractivity contribution is 7.85. The number of ether oxygens (including phenoxy) is 2. The second kappa shape index (κ2) is 10.3. The number of carboxylic acid groups (broad SMARTS) is 1. The molecule has 1 aromatic heterocycles. The van der Waals surface area contributed by atoms with E-state index in [1.165, 1.54) is 16.7 Å². The van der Waals surface area contributed by atoms with Gasteiger partial charge in [-0.2, -0.15) is 13.4 Å². The molecule has 1 aliphatic rings. The minimum absolute atomic E-state index is 0.163. The van der Waals surface area contributed by atoms with Gasteiger partial charge >= 0.3 is 5.97 Å². The molecule has 0 radical (unpaired) electrons. The van der Waals surface area contributed by atoms with Crippen LogP contribution in [0.1, 0.15) is 10.5 Å². The third kappa shape index (κ3) is 6.62. The summed E-state index contributed by atoms with van der Waals surface area (Å²) in [5.41, 5.74) is 11.2. The topological polar surface area (TPSA) is 257 Å². The lowest BCUT2D eigenvalue weighted by molar-refractivity contribution is -0.271. The predicted octanol–water partition coefficient (Wildman–Crippen LogP) is -2.63. The van der Waals surface area contributed by atoms with E-state index in [9.17, 15) is 33.3 Å². The van der Waals surface area contributed by atoms with Crippen molar-refractivity contribution in [3.8, 4) is 5.75 Å². The molecular weight excluding hydrogens is 480 g/mol. The van der Waals surface area contributed by atoms with Gasteiger partial charge < -0.3 is 45.9 Å². The zero-order valence-corrected chi connectivity index (χ0v) is 18.7. The van der Waals surface area contributed by atoms with Gasteiger partial charge in [0.1, 0.15) is 29.8 Å². The molecule has 2 heterocycles. The standard InChI is InChI=1S/C17H20N4O8.CH4O3S/c1-21-8-5-7(3-2-6(8)4-9(21)14(25)20-17(18)19)28-16-12(24)10(22)11(23)13(29-16)15(26)27;1-5(2,3)4/h2-5,10-13,16,22-24H,1H3,(H,26,27)(H4,18,19,20,25);1H3,(H,2,3,4)/t10-,11-,12+,13-,16+;/m0./s1. The zero-order valence-electron chi connectivity index (χ0n) is 17.8. The van der Waals surface area contributed by atoms with E-state index in [-0.39, 0.29) is 17.4 Å². The fourth-order valence-electron chi connectivity index (χ4n) is 3.05. The van der Waals surface area contributed by atoms with Crippen LogP contribution >= 0.6 is 0 Å². The molecule has 2 aromatic rings. The van der Waals surface area contributed by atoms with Gasteiger partial charge in [0.2, 0.25) is 6.29 Å². The number of guanidine groups is 1. The van der Waals surface area contributed by atoms with Crippen molar-refractivity contribution in [2.75, 3.05) is 6.26 Å². The van der Waals surface area contributed by atoms with Crippen LogP contribution in [-0.2, 0) is 26.7 Å². The Balaban J connectivity index is 0.000000739. The highest BCUT2D eigenvalue weighted by Gasteiger charge is 2.48. The van der Waals surface area contributed by atoms with E-state index in [4.69, 9.17) is 30.6 Å². The van der Waals surface area contributed by atoms with Crippen LogP contribution in [0.2, 0.25) is 0 Å². The summed E-state index contributed by atoms with van der Waals surface area (Å²) in [7, 11) is -2.06. The molecule has 1 aromatic carbocycles. The molecule has 0 unspecified atom stereocenters. The van der Waals surface area contributed by atoms with Crippen molar-refractivity contribution >= 4 is 38.9 Å². The van der Waals surface area contributed by atoms with Crippen molar-refractivity contribution in [3.63, 3.8) is 0 Å². The summed E-state index contributed by atoms with van der Waals surface area (Å²) in [6.07, 6.45) is -7.90. The van der Waals surface area contributed by atoms with Crippen LogP contribution in [0.25, 0.3) is 10.9 Å². The summed E-state index contributed by atoms with van der Waals surface area (Å²) in [6, 6.07) is 6.21. The largest absolute Gasteiger partial charge is 0.479 e. The number of hydrogen-bond acceptors (Lipinski definition) is 9. The number of nitrogens with two attached hydrogens (primary N) is 2. The number of amides is 1. The van der Waals surface area contributed by atoms with Gasteiger partial charge in [-0.15, -0.1) is 0 Å². The minimum Gasteiger partial charge on any atom is -0.479 e. The average molecular weight is 504 g/mol. The first-order valence-corrected chi connectivity index (χ1v) is 11.2. The van der Waals surface area contributed by atoms with E-state index >= 15 is 0 Å². The maximum Gasteiger partial charge on any atom is 0.335 e. The van der Waals surface area contributed by atoms with Crippen LogP contribution in [0.15, 0.2) is 29.3 Å². The third-order valence-electron chi connectivity index (χ3n) is 4.53. The number of benzene rings is 1. The molecular formula is C18H24N4O11S. The number of carbonyl (C=O) groups is 2. The Morgan fingerprint density at radius 1 is 1.12 bits per heavy atom. The fraction of sp³-hybridized carbons (Fsp3) is 0.389. The van der Waals surface area contributed by atoms with Crippen LogP contribution in [0.5, 0.6) is 5.75 Å². The number of nitrogens with zero attached hydrogens (tertiary/aromatic N) is 2. The smallest absolute Gasteiger partial charge is 0.335 e.